The van der Waals surface area contributed by atoms with E-state index in [4.69, 9.17) is 11.6 Å². The molecule has 0 aromatic heterocycles. The van der Waals surface area contributed by atoms with Gasteiger partial charge in [0.15, 0.2) is 0 Å². The highest BCUT2D eigenvalue weighted by Crippen LogP contribution is 1.86. The normalized spacial score (nSPS) is 9.89. The predicted molar refractivity (Wildman–Crippen MR) is 34.1 cm³/mol. The Hall–Kier alpha value is -0.770. The van der Waals surface area contributed by atoms with Crippen LogP contribution in [0.1, 0.15) is 6.42 Å². The highest BCUT2D eigenvalue weighted by atomic mass is 35.5. The number of hydrogen-bond donors (Lipinski definition) is 1. The fourth-order valence-corrected chi connectivity index (χ4v) is 0.380. The summed E-state index contributed by atoms with van der Waals surface area (Å²) >= 11 is 5.20. The van der Waals surface area contributed by atoms with E-state index in [1.54, 1.807) is 0 Å². The lowest BCUT2D eigenvalue weighted by Gasteiger charge is -1.91. The van der Waals surface area contributed by atoms with Crippen molar-refractivity contribution in [2.24, 2.45) is 10.9 Å². The summed E-state index contributed by atoms with van der Waals surface area (Å²) in [6.07, 6.45) is 1.04. The zero-order valence-corrected chi connectivity index (χ0v) is 5.47. The topological polar surface area (TPSA) is 64.7 Å². The molecule has 0 rings (SSSR count). The molecule has 4 nitrogen and oxygen atoms in total. The third-order valence-corrected chi connectivity index (χ3v) is 0.733. The fraction of sp³-hybridized carbons (Fsp3) is 0.500. The molecule has 0 aliphatic rings. The van der Waals surface area contributed by atoms with E-state index in [1.807, 2.05) is 0 Å². The highest BCUT2D eigenvalue weighted by molar-refractivity contribution is 6.18. The molecule has 0 spiro atoms. The molecule has 0 amide bonds. The van der Waals surface area contributed by atoms with Gasteiger partial charge in [-0.15, -0.1) is 11.6 Å². The number of ether oxygens (including phenoxy) is 1. The van der Waals surface area contributed by atoms with Crippen molar-refractivity contribution in [2.75, 3.05) is 5.88 Å². The number of rotatable bonds is 3. The molecule has 0 fully saturated rings. The molecule has 0 aromatic carbocycles. The Morgan fingerprint density at radius 2 is 2.56 bits per heavy atom. The summed E-state index contributed by atoms with van der Waals surface area (Å²) in [6, 6.07) is 0. The molecule has 0 saturated heterocycles. The summed E-state index contributed by atoms with van der Waals surface area (Å²) in [5, 5.41) is 2.95. The lowest BCUT2D eigenvalue weighted by atomic mass is 10.5. The Morgan fingerprint density at radius 1 is 1.89 bits per heavy atom. The zero-order valence-electron chi connectivity index (χ0n) is 4.71. The molecule has 9 heavy (non-hydrogen) atoms. The maximum absolute atomic E-state index is 10.3. The van der Waals surface area contributed by atoms with Crippen LogP contribution in [-0.4, -0.2) is 18.2 Å². The van der Waals surface area contributed by atoms with Crippen molar-refractivity contribution < 1.29 is 9.53 Å². The van der Waals surface area contributed by atoms with Crippen molar-refractivity contribution in [3.8, 4) is 0 Å². The van der Waals surface area contributed by atoms with E-state index < -0.39 is 5.97 Å². The minimum absolute atomic E-state index is 0.174. The van der Waals surface area contributed by atoms with E-state index in [1.165, 1.54) is 0 Å². The number of esters is 1. The van der Waals surface area contributed by atoms with E-state index in [2.05, 4.69) is 15.7 Å². The first-order valence-electron chi connectivity index (χ1n) is 2.28. The molecule has 0 saturated carbocycles. The molecule has 0 unspecified atom stereocenters. The van der Waals surface area contributed by atoms with Crippen LogP contribution in [0, 0.1) is 0 Å². The Morgan fingerprint density at radius 3 is 3.00 bits per heavy atom. The van der Waals surface area contributed by atoms with Crippen molar-refractivity contribution in [1.82, 2.24) is 0 Å². The lowest BCUT2D eigenvalue weighted by molar-refractivity contribution is -0.134. The Balaban J connectivity index is 3.27. The number of nitrogens with two attached hydrogens (primary N) is 1. The van der Waals surface area contributed by atoms with Crippen molar-refractivity contribution in [3.63, 3.8) is 0 Å². The lowest BCUT2D eigenvalue weighted by Crippen LogP contribution is -2.03. The summed E-state index contributed by atoms with van der Waals surface area (Å²) in [7, 11) is 0. The van der Waals surface area contributed by atoms with E-state index in [9.17, 15) is 4.79 Å². The largest absolute Gasteiger partial charge is 0.413 e. The second kappa shape index (κ2) is 5.37. The Bertz CT molecular complexity index is 115. The number of hydrazone groups is 1. The van der Waals surface area contributed by atoms with Gasteiger partial charge in [-0.3, -0.25) is 4.79 Å². The number of nitrogens with zero attached hydrogens (tertiary/aromatic N) is 1. The van der Waals surface area contributed by atoms with Crippen LogP contribution in [0.2, 0.25) is 0 Å². The number of carbonyl (C=O) groups is 1. The molecule has 0 aliphatic carbocycles. The maximum atomic E-state index is 10.3. The quantitative estimate of drug-likeness (QED) is 0.155. The van der Waals surface area contributed by atoms with Gasteiger partial charge in [-0.05, 0) is 0 Å². The fourth-order valence-electron chi connectivity index (χ4n) is 0.225. The molecule has 0 atom stereocenters. The second-order valence-corrected chi connectivity index (χ2v) is 1.56. The molecular formula is C4H7ClN2O2. The first-order chi connectivity index (χ1) is 4.31. The molecule has 0 aromatic rings. The summed E-state index contributed by atoms with van der Waals surface area (Å²) in [6.45, 7) is 0. The van der Waals surface area contributed by atoms with Crippen LogP contribution in [0.3, 0.4) is 0 Å². The van der Waals surface area contributed by atoms with Crippen LogP contribution >= 0.6 is 11.6 Å². The van der Waals surface area contributed by atoms with Crippen molar-refractivity contribution in [1.29, 1.82) is 0 Å². The number of hydrogen-bond acceptors (Lipinski definition) is 4. The SMILES string of the molecule is NN=COC(=O)CCCl. The van der Waals surface area contributed by atoms with Crippen LogP contribution < -0.4 is 5.84 Å². The maximum Gasteiger partial charge on any atom is 0.313 e. The van der Waals surface area contributed by atoms with E-state index in [0.29, 0.717) is 0 Å². The van der Waals surface area contributed by atoms with Crippen molar-refractivity contribution >= 4 is 24.0 Å². The predicted octanol–water partition coefficient (Wildman–Crippen LogP) is 0.0605. The van der Waals surface area contributed by atoms with Gasteiger partial charge in [0.25, 0.3) is 0 Å². The van der Waals surface area contributed by atoms with Crippen molar-refractivity contribution in [3.05, 3.63) is 0 Å². The monoisotopic (exact) mass is 150 g/mol. The van der Waals surface area contributed by atoms with Gasteiger partial charge in [-0.25, -0.2) is 0 Å². The van der Waals surface area contributed by atoms with Crippen LogP contribution in [-0.2, 0) is 9.53 Å². The standard InChI is InChI=1S/C4H7ClN2O2/c5-2-1-4(8)9-3-7-6/h3H,1-2,6H2. The summed E-state index contributed by atoms with van der Waals surface area (Å²) in [5.74, 6) is 4.45. The average Bonchev–Trinajstić information content (AvgIpc) is 1.85. The third kappa shape index (κ3) is 5.10. The van der Waals surface area contributed by atoms with Gasteiger partial charge in [0, 0.05) is 5.88 Å². The smallest absolute Gasteiger partial charge is 0.313 e. The van der Waals surface area contributed by atoms with Gasteiger partial charge in [0.2, 0.25) is 6.40 Å². The van der Waals surface area contributed by atoms with E-state index in [-0.39, 0.29) is 12.3 Å². The summed E-state index contributed by atoms with van der Waals surface area (Å²) < 4.78 is 4.29. The van der Waals surface area contributed by atoms with Crippen molar-refractivity contribution in [2.45, 2.75) is 6.42 Å². The van der Waals surface area contributed by atoms with Gasteiger partial charge >= 0.3 is 5.97 Å². The molecule has 2 N–H and O–H groups in total. The van der Waals surface area contributed by atoms with Gasteiger partial charge in [-0.2, -0.15) is 5.10 Å². The first-order valence-corrected chi connectivity index (χ1v) is 2.82. The summed E-state index contributed by atoms with van der Waals surface area (Å²) in [4.78, 5) is 10.3. The van der Waals surface area contributed by atoms with Gasteiger partial charge in [0.05, 0.1) is 6.42 Å². The highest BCUT2D eigenvalue weighted by Gasteiger charge is 1.96. The molecule has 0 aliphatic heterocycles. The summed E-state index contributed by atoms with van der Waals surface area (Å²) in [5.41, 5.74) is 0. The number of halogens is 1. The Labute approximate surface area is 57.6 Å². The zero-order chi connectivity index (χ0) is 7.11. The second-order valence-electron chi connectivity index (χ2n) is 1.18. The minimum Gasteiger partial charge on any atom is -0.413 e. The van der Waals surface area contributed by atoms with Crippen LogP contribution in [0.5, 0.6) is 0 Å². The number of alkyl halides is 1. The Kier molecular flexibility index (Phi) is 4.91. The third-order valence-electron chi connectivity index (χ3n) is 0.544. The average molecular weight is 151 g/mol. The van der Waals surface area contributed by atoms with E-state index in [0.717, 1.165) is 6.40 Å². The molecule has 0 radical (unpaired) electrons. The molecule has 52 valence electrons. The minimum atomic E-state index is -0.431. The van der Waals surface area contributed by atoms with Crippen LogP contribution in [0.15, 0.2) is 5.10 Å². The van der Waals surface area contributed by atoms with Crippen LogP contribution in [0.4, 0.5) is 0 Å². The van der Waals surface area contributed by atoms with Gasteiger partial charge < -0.3 is 10.6 Å². The van der Waals surface area contributed by atoms with Gasteiger partial charge in [0.1, 0.15) is 0 Å². The van der Waals surface area contributed by atoms with Gasteiger partial charge in [-0.1, -0.05) is 0 Å². The van der Waals surface area contributed by atoms with E-state index >= 15 is 0 Å². The van der Waals surface area contributed by atoms with Crippen LogP contribution in [0.25, 0.3) is 0 Å². The molecule has 0 bridgehead atoms. The molecule has 5 heteroatoms. The molecule has 0 heterocycles. The number of carbonyl (C=O) groups excluding carboxylic acids is 1. The first kappa shape index (κ1) is 8.23. The molecular weight excluding hydrogens is 144 g/mol.